The SMILES string of the molecule is C/C=C/[C@@](C)(O)c1ccccc1. The smallest absolute Gasteiger partial charge is 0.105 e. The van der Waals surface area contributed by atoms with Gasteiger partial charge in [-0.3, -0.25) is 0 Å². The van der Waals surface area contributed by atoms with Crippen molar-refractivity contribution >= 4 is 0 Å². The zero-order chi connectivity index (χ0) is 9.03. The molecule has 64 valence electrons. The van der Waals surface area contributed by atoms with Crippen LogP contribution in [-0.4, -0.2) is 5.11 Å². The quantitative estimate of drug-likeness (QED) is 0.662. The van der Waals surface area contributed by atoms with Gasteiger partial charge < -0.3 is 5.11 Å². The highest BCUT2D eigenvalue weighted by Gasteiger charge is 2.17. The highest BCUT2D eigenvalue weighted by Crippen LogP contribution is 2.21. The molecule has 12 heavy (non-hydrogen) atoms. The van der Waals surface area contributed by atoms with Gasteiger partial charge in [-0.2, -0.15) is 0 Å². The first-order valence-electron chi connectivity index (χ1n) is 4.08. The molecule has 0 bridgehead atoms. The molecule has 0 aromatic heterocycles. The zero-order valence-corrected chi connectivity index (χ0v) is 7.49. The van der Waals surface area contributed by atoms with Gasteiger partial charge in [-0.1, -0.05) is 42.5 Å². The molecular formula is C11H14O. The molecular weight excluding hydrogens is 148 g/mol. The predicted octanol–water partition coefficient (Wildman–Crippen LogP) is 2.47. The van der Waals surface area contributed by atoms with E-state index in [0.717, 1.165) is 5.56 Å². The molecule has 1 atom stereocenters. The van der Waals surface area contributed by atoms with Crippen LogP contribution < -0.4 is 0 Å². The van der Waals surface area contributed by atoms with E-state index in [-0.39, 0.29) is 0 Å². The predicted molar refractivity (Wildman–Crippen MR) is 50.8 cm³/mol. The van der Waals surface area contributed by atoms with E-state index in [0.29, 0.717) is 0 Å². The Morgan fingerprint density at radius 2 is 1.83 bits per heavy atom. The van der Waals surface area contributed by atoms with E-state index in [1.807, 2.05) is 43.3 Å². The molecule has 1 aromatic carbocycles. The van der Waals surface area contributed by atoms with Crippen LogP contribution in [-0.2, 0) is 5.60 Å². The van der Waals surface area contributed by atoms with Gasteiger partial charge in [0.2, 0.25) is 0 Å². The van der Waals surface area contributed by atoms with Crippen molar-refractivity contribution in [3.05, 3.63) is 48.0 Å². The van der Waals surface area contributed by atoms with Crippen LogP contribution >= 0.6 is 0 Å². The van der Waals surface area contributed by atoms with Crippen LogP contribution in [0, 0.1) is 0 Å². The number of hydrogen-bond acceptors (Lipinski definition) is 1. The van der Waals surface area contributed by atoms with Gasteiger partial charge in [-0.15, -0.1) is 0 Å². The van der Waals surface area contributed by atoms with Crippen LogP contribution in [0.3, 0.4) is 0 Å². The summed E-state index contributed by atoms with van der Waals surface area (Å²) in [5.74, 6) is 0. The maximum Gasteiger partial charge on any atom is 0.105 e. The van der Waals surface area contributed by atoms with Crippen molar-refractivity contribution in [3.8, 4) is 0 Å². The highest BCUT2D eigenvalue weighted by atomic mass is 16.3. The lowest BCUT2D eigenvalue weighted by Crippen LogP contribution is -2.17. The molecule has 1 aromatic rings. The van der Waals surface area contributed by atoms with Crippen molar-refractivity contribution in [2.24, 2.45) is 0 Å². The fraction of sp³-hybridized carbons (Fsp3) is 0.273. The summed E-state index contributed by atoms with van der Waals surface area (Å²) in [6.07, 6.45) is 3.63. The summed E-state index contributed by atoms with van der Waals surface area (Å²) < 4.78 is 0. The van der Waals surface area contributed by atoms with Crippen molar-refractivity contribution in [2.75, 3.05) is 0 Å². The van der Waals surface area contributed by atoms with Gasteiger partial charge in [0.25, 0.3) is 0 Å². The third kappa shape index (κ3) is 1.95. The van der Waals surface area contributed by atoms with E-state index in [1.165, 1.54) is 0 Å². The number of allylic oxidation sites excluding steroid dienone is 1. The zero-order valence-electron chi connectivity index (χ0n) is 7.49. The third-order valence-electron chi connectivity index (χ3n) is 1.85. The van der Waals surface area contributed by atoms with E-state index in [9.17, 15) is 5.11 Å². The average Bonchev–Trinajstić information content (AvgIpc) is 2.06. The van der Waals surface area contributed by atoms with Crippen LogP contribution in [0.2, 0.25) is 0 Å². The van der Waals surface area contributed by atoms with Crippen molar-refractivity contribution in [3.63, 3.8) is 0 Å². The second kappa shape index (κ2) is 3.55. The Balaban J connectivity index is 2.97. The van der Waals surface area contributed by atoms with E-state index in [4.69, 9.17) is 0 Å². The minimum Gasteiger partial charge on any atom is -0.381 e. The highest BCUT2D eigenvalue weighted by molar-refractivity contribution is 5.25. The summed E-state index contributed by atoms with van der Waals surface area (Å²) in [5.41, 5.74) is 0.0822. The molecule has 0 fully saturated rings. The number of aliphatic hydroxyl groups is 1. The van der Waals surface area contributed by atoms with Crippen molar-refractivity contribution in [2.45, 2.75) is 19.4 Å². The second-order valence-electron chi connectivity index (χ2n) is 3.01. The molecule has 0 spiro atoms. The summed E-state index contributed by atoms with van der Waals surface area (Å²) in [5, 5.41) is 9.90. The molecule has 1 nitrogen and oxygen atoms in total. The standard InChI is InChI=1S/C11H14O/c1-3-9-11(2,12)10-7-5-4-6-8-10/h3-9,12H,1-2H3/b9-3+/t11-/m1/s1. The van der Waals surface area contributed by atoms with Crippen LogP contribution in [0.15, 0.2) is 42.5 Å². The molecule has 1 heteroatoms. The minimum atomic E-state index is -0.837. The molecule has 0 heterocycles. The molecule has 0 saturated heterocycles. The van der Waals surface area contributed by atoms with Gasteiger partial charge in [0, 0.05) is 0 Å². The Morgan fingerprint density at radius 1 is 1.25 bits per heavy atom. The minimum absolute atomic E-state index is 0.837. The fourth-order valence-corrected chi connectivity index (χ4v) is 1.20. The monoisotopic (exact) mass is 162 g/mol. The van der Waals surface area contributed by atoms with Gasteiger partial charge >= 0.3 is 0 Å². The lowest BCUT2D eigenvalue weighted by molar-refractivity contribution is 0.111. The van der Waals surface area contributed by atoms with Crippen molar-refractivity contribution < 1.29 is 5.11 Å². The molecule has 0 amide bonds. The lowest BCUT2D eigenvalue weighted by atomic mass is 9.96. The average molecular weight is 162 g/mol. The third-order valence-corrected chi connectivity index (χ3v) is 1.85. The Labute approximate surface area is 73.4 Å². The van der Waals surface area contributed by atoms with Crippen LogP contribution in [0.5, 0.6) is 0 Å². The Morgan fingerprint density at radius 3 is 2.33 bits per heavy atom. The molecule has 1 rings (SSSR count). The van der Waals surface area contributed by atoms with Crippen LogP contribution in [0.25, 0.3) is 0 Å². The van der Waals surface area contributed by atoms with Gasteiger partial charge in [0.05, 0.1) is 0 Å². The molecule has 0 saturated carbocycles. The molecule has 1 N–H and O–H groups in total. The molecule has 0 radical (unpaired) electrons. The van der Waals surface area contributed by atoms with Crippen molar-refractivity contribution in [1.82, 2.24) is 0 Å². The van der Waals surface area contributed by atoms with Crippen LogP contribution in [0.4, 0.5) is 0 Å². The fourth-order valence-electron chi connectivity index (χ4n) is 1.20. The van der Waals surface area contributed by atoms with Gasteiger partial charge in [0.1, 0.15) is 5.60 Å². The maximum absolute atomic E-state index is 9.90. The molecule has 0 aliphatic carbocycles. The molecule has 0 aliphatic heterocycles. The van der Waals surface area contributed by atoms with Gasteiger partial charge in [-0.05, 0) is 19.4 Å². The largest absolute Gasteiger partial charge is 0.381 e. The summed E-state index contributed by atoms with van der Waals surface area (Å²) in [6.45, 7) is 3.68. The van der Waals surface area contributed by atoms with E-state index in [2.05, 4.69) is 0 Å². The summed E-state index contributed by atoms with van der Waals surface area (Å²) >= 11 is 0. The summed E-state index contributed by atoms with van der Waals surface area (Å²) in [7, 11) is 0. The van der Waals surface area contributed by atoms with Crippen LogP contribution in [0.1, 0.15) is 19.4 Å². The van der Waals surface area contributed by atoms with Gasteiger partial charge in [0.15, 0.2) is 0 Å². The first kappa shape index (κ1) is 9.01. The topological polar surface area (TPSA) is 20.2 Å². The first-order chi connectivity index (χ1) is 5.67. The van der Waals surface area contributed by atoms with E-state index >= 15 is 0 Å². The second-order valence-corrected chi connectivity index (χ2v) is 3.01. The Kier molecular flexibility index (Phi) is 2.66. The number of hydrogen-bond donors (Lipinski definition) is 1. The van der Waals surface area contributed by atoms with Gasteiger partial charge in [-0.25, -0.2) is 0 Å². The normalized spacial score (nSPS) is 16.2. The first-order valence-corrected chi connectivity index (χ1v) is 4.08. The maximum atomic E-state index is 9.90. The molecule has 0 aliphatic rings. The Hall–Kier alpha value is -1.08. The number of benzene rings is 1. The lowest BCUT2D eigenvalue weighted by Gasteiger charge is -2.18. The number of rotatable bonds is 2. The summed E-state index contributed by atoms with van der Waals surface area (Å²) in [6, 6.07) is 9.62. The van der Waals surface area contributed by atoms with E-state index < -0.39 is 5.60 Å². The molecule has 0 unspecified atom stereocenters. The van der Waals surface area contributed by atoms with Crippen molar-refractivity contribution in [1.29, 1.82) is 0 Å². The Bertz CT molecular complexity index is 260. The summed E-state index contributed by atoms with van der Waals surface area (Å²) in [4.78, 5) is 0. The van der Waals surface area contributed by atoms with E-state index in [1.54, 1.807) is 13.0 Å².